The van der Waals surface area contributed by atoms with Crippen LogP contribution in [0.25, 0.3) is 0 Å². The molecule has 0 aliphatic heterocycles. The molecule has 82 valence electrons. The van der Waals surface area contributed by atoms with Crippen molar-refractivity contribution < 1.29 is 14.3 Å². The van der Waals surface area contributed by atoms with Gasteiger partial charge in [-0.25, -0.2) is 4.79 Å². The van der Waals surface area contributed by atoms with Gasteiger partial charge in [-0.05, 0) is 6.92 Å². The van der Waals surface area contributed by atoms with Crippen LogP contribution in [-0.4, -0.2) is 28.8 Å². The average molecular weight is 211 g/mol. The van der Waals surface area contributed by atoms with Crippen LogP contribution >= 0.6 is 0 Å². The monoisotopic (exact) mass is 211 g/mol. The van der Waals surface area contributed by atoms with E-state index in [4.69, 9.17) is 0 Å². The van der Waals surface area contributed by atoms with E-state index in [-0.39, 0.29) is 6.54 Å². The zero-order valence-electron chi connectivity index (χ0n) is 8.90. The maximum Gasteiger partial charge on any atom is 0.396 e. The first-order valence-corrected chi connectivity index (χ1v) is 4.40. The lowest BCUT2D eigenvalue weighted by Gasteiger charge is -2.01. The number of nitrogens with zero attached hydrogens (tertiary/aromatic N) is 2. The standard InChI is InChI=1S/C9H13N3O3/c1-6-7(5-12(2)11-6)4-10-8(13)9(14)15-3/h5H,4H2,1-3H3,(H,10,13). The lowest BCUT2D eigenvalue weighted by molar-refractivity contribution is -0.152. The van der Waals surface area contributed by atoms with Crippen LogP contribution in [0.15, 0.2) is 6.20 Å². The van der Waals surface area contributed by atoms with Gasteiger partial charge in [-0.3, -0.25) is 9.48 Å². The molecule has 0 spiro atoms. The molecule has 1 aromatic heterocycles. The summed E-state index contributed by atoms with van der Waals surface area (Å²) in [5, 5.41) is 6.54. The first kappa shape index (κ1) is 11.2. The van der Waals surface area contributed by atoms with Crippen molar-refractivity contribution in [1.82, 2.24) is 15.1 Å². The minimum atomic E-state index is -0.892. The van der Waals surface area contributed by atoms with Gasteiger partial charge < -0.3 is 10.1 Å². The molecule has 1 amide bonds. The Morgan fingerprint density at radius 3 is 2.73 bits per heavy atom. The van der Waals surface area contributed by atoms with E-state index in [0.29, 0.717) is 0 Å². The van der Waals surface area contributed by atoms with Gasteiger partial charge in [-0.2, -0.15) is 5.10 Å². The Kier molecular flexibility index (Phi) is 3.43. The van der Waals surface area contributed by atoms with E-state index in [1.54, 1.807) is 17.9 Å². The van der Waals surface area contributed by atoms with Gasteiger partial charge in [-0.1, -0.05) is 0 Å². The van der Waals surface area contributed by atoms with Gasteiger partial charge in [0.2, 0.25) is 0 Å². The van der Waals surface area contributed by atoms with E-state index in [1.807, 2.05) is 6.92 Å². The Morgan fingerprint density at radius 2 is 2.27 bits per heavy atom. The summed E-state index contributed by atoms with van der Waals surface area (Å²) in [6.07, 6.45) is 1.78. The molecular weight excluding hydrogens is 198 g/mol. The molecule has 1 rings (SSSR count). The highest BCUT2D eigenvalue weighted by Crippen LogP contribution is 2.03. The summed E-state index contributed by atoms with van der Waals surface area (Å²) >= 11 is 0. The summed E-state index contributed by atoms with van der Waals surface area (Å²) in [5.74, 6) is -1.64. The number of nitrogens with one attached hydrogen (secondary N) is 1. The Labute approximate surface area is 87.2 Å². The van der Waals surface area contributed by atoms with E-state index >= 15 is 0 Å². The topological polar surface area (TPSA) is 73.2 Å². The van der Waals surface area contributed by atoms with Crippen LogP contribution in [0.2, 0.25) is 0 Å². The number of carbonyl (C=O) groups is 2. The number of aryl methyl sites for hydroxylation is 2. The molecule has 0 radical (unpaired) electrons. The second kappa shape index (κ2) is 4.59. The molecule has 15 heavy (non-hydrogen) atoms. The van der Waals surface area contributed by atoms with Gasteiger partial charge in [0.25, 0.3) is 0 Å². The predicted octanol–water partition coefficient (Wildman–Crippen LogP) is -0.482. The number of methoxy groups -OCH3 is 1. The number of esters is 1. The van der Waals surface area contributed by atoms with Crippen molar-refractivity contribution in [2.45, 2.75) is 13.5 Å². The molecule has 0 saturated heterocycles. The number of rotatable bonds is 2. The third kappa shape index (κ3) is 2.80. The van der Waals surface area contributed by atoms with Crippen LogP contribution in [-0.2, 0) is 27.9 Å². The number of hydrogen-bond acceptors (Lipinski definition) is 4. The van der Waals surface area contributed by atoms with E-state index < -0.39 is 11.9 Å². The van der Waals surface area contributed by atoms with Crippen LogP contribution < -0.4 is 5.32 Å². The third-order valence-electron chi connectivity index (χ3n) is 1.93. The van der Waals surface area contributed by atoms with E-state index in [2.05, 4.69) is 15.2 Å². The molecule has 6 heteroatoms. The average Bonchev–Trinajstić information content (AvgIpc) is 2.52. The van der Waals surface area contributed by atoms with E-state index in [9.17, 15) is 9.59 Å². The number of aromatic nitrogens is 2. The predicted molar refractivity (Wildman–Crippen MR) is 51.8 cm³/mol. The summed E-state index contributed by atoms with van der Waals surface area (Å²) in [5.41, 5.74) is 1.69. The number of hydrogen-bond donors (Lipinski definition) is 1. The molecule has 1 N–H and O–H groups in total. The van der Waals surface area contributed by atoms with Crippen molar-refractivity contribution in [3.05, 3.63) is 17.5 Å². The molecule has 0 aromatic carbocycles. The van der Waals surface area contributed by atoms with E-state index in [0.717, 1.165) is 18.4 Å². The van der Waals surface area contributed by atoms with Crippen LogP contribution in [0.4, 0.5) is 0 Å². The highest BCUT2D eigenvalue weighted by molar-refractivity contribution is 6.32. The van der Waals surface area contributed by atoms with Crippen molar-refractivity contribution in [2.75, 3.05) is 7.11 Å². The van der Waals surface area contributed by atoms with Crippen molar-refractivity contribution in [1.29, 1.82) is 0 Å². The summed E-state index contributed by atoms with van der Waals surface area (Å²) in [6.45, 7) is 2.10. The van der Waals surface area contributed by atoms with Gasteiger partial charge in [-0.15, -0.1) is 0 Å². The zero-order chi connectivity index (χ0) is 11.4. The zero-order valence-corrected chi connectivity index (χ0v) is 8.90. The maximum absolute atomic E-state index is 11.1. The minimum absolute atomic E-state index is 0.271. The summed E-state index contributed by atoms with van der Waals surface area (Å²) in [7, 11) is 2.95. The van der Waals surface area contributed by atoms with Crippen molar-refractivity contribution in [3.63, 3.8) is 0 Å². The molecule has 0 bridgehead atoms. The largest absolute Gasteiger partial charge is 0.462 e. The fourth-order valence-corrected chi connectivity index (χ4v) is 1.16. The maximum atomic E-state index is 11.1. The van der Waals surface area contributed by atoms with Crippen LogP contribution in [0.3, 0.4) is 0 Å². The van der Waals surface area contributed by atoms with Crippen molar-refractivity contribution in [3.8, 4) is 0 Å². The molecule has 0 saturated carbocycles. The normalized spacial score (nSPS) is 9.80. The second-order valence-corrected chi connectivity index (χ2v) is 3.09. The Bertz CT molecular complexity index is 384. The number of carbonyl (C=O) groups excluding carboxylic acids is 2. The SMILES string of the molecule is COC(=O)C(=O)NCc1cn(C)nc1C. The molecule has 6 nitrogen and oxygen atoms in total. The highest BCUT2D eigenvalue weighted by atomic mass is 16.5. The quantitative estimate of drug-likeness (QED) is 0.529. The van der Waals surface area contributed by atoms with Gasteiger partial charge in [0, 0.05) is 25.4 Å². The first-order chi connectivity index (χ1) is 7.04. The molecule has 0 atom stereocenters. The molecule has 0 aliphatic rings. The van der Waals surface area contributed by atoms with Crippen molar-refractivity contribution >= 4 is 11.9 Å². The molecule has 0 fully saturated rings. The van der Waals surface area contributed by atoms with Gasteiger partial charge in [0.15, 0.2) is 0 Å². The summed E-state index contributed by atoms with van der Waals surface area (Å²) in [6, 6.07) is 0. The molecule has 1 aromatic rings. The van der Waals surface area contributed by atoms with Gasteiger partial charge >= 0.3 is 11.9 Å². The fourth-order valence-electron chi connectivity index (χ4n) is 1.16. The fraction of sp³-hybridized carbons (Fsp3) is 0.444. The number of ether oxygens (including phenoxy) is 1. The molecule has 0 unspecified atom stereocenters. The third-order valence-corrected chi connectivity index (χ3v) is 1.93. The highest BCUT2D eigenvalue weighted by Gasteiger charge is 2.13. The van der Waals surface area contributed by atoms with Crippen LogP contribution in [0, 0.1) is 6.92 Å². The molecule has 0 aliphatic carbocycles. The second-order valence-electron chi connectivity index (χ2n) is 3.09. The lowest BCUT2D eigenvalue weighted by atomic mass is 10.2. The van der Waals surface area contributed by atoms with Crippen LogP contribution in [0.5, 0.6) is 0 Å². The Hall–Kier alpha value is -1.85. The molecular formula is C9H13N3O3. The first-order valence-electron chi connectivity index (χ1n) is 4.40. The van der Waals surface area contributed by atoms with Gasteiger partial charge in [0.1, 0.15) is 0 Å². The molecule has 1 heterocycles. The Balaban J connectivity index is 2.54. The van der Waals surface area contributed by atoms with Crippen LogP contribution in [0.1, 0.15) is 11.3 Å². The lowest BCUT2D eigenvalue weighted by Crippen LogP contribution is -2.31. The van der Waals surface area contributed by atoms with E-state index in [1.165, 1.54) is 0 Å². The summed E-state index contributed by atoms with van der Waals surface area (Å²) in [4.78, 5) is 21.8. The Morgan fingerprint density at radius 1 is 1.60 bits per heavy atom. The smallest absolute Gasteiger partial charge is 0.396 e. The van der Waals surface area contributed by atoms with Gasteiger partial charge in [0.05, 0.1) is 12.8 Å². The summed E-state index contributed by atoms with van der Waals surface area (Å²) < 4.78 is 5.91. The minimum Gasteiger partial charge on any atom is -0.462 e. The number of amides is 1. The van der Waals surface area contributed by atoms with Crippen molar-refractivity contribution in [2.24, 2.45) is 7.05 Å².